The van der Waals surface area contributed by atoms with Crippen LogP contribution in [0.15, 0.2) is 97.6 Å². The van der Waals surface area contributed by atoms with Crippen molar-refractivity contribution in [3.63, 3.8) is 0 Å². The molecule has 6 rings (SSSR count). The Morgan fingerprint density at radius 1 is 0.875 bits per heavy atom. The van der Waals surface area contributed by atoms with Crippen LogP contribution in [0.3, 0.4) is 0 Å². The zero-order valence-electron chi connectivity index (χ0n) is 37.1. The van der Waals surface area contributed by atoms with E-state index in [1.807, 2.05) is 36.4 Å². The summed E-state index contributed by atoms with van der Waals surface area (Å²) in [7, 11) is 1.53. The molecule has 64 heavy (non-hydrogen) atoms. The number of aliphatic hydroxyl groups is 1. The number of terminal acetylenes is 1. The fraction of sp³-hybridized carbons (Fsp3) is 0.404. The molecular formula is C47H53FN6O10. The number of ether oxygens (including phenoxy) is 6. The van der Waals surface area contributed by atoms with Crippen LogP contribution in [0.4, 0.5) is 19.8 Å². The van der Waals surface area contributed by atoms with Crippen LogP contribution in [0, 0.1) is 18.3 Å². The first kappa shape index (κ1) is 46.9. The minimum Gasteiger partial charge on any atom is -0.497 e. The molecule has 0 bridgehead atoms. The lowest BCUT2D eigenvalue weighted by molar-refractivity contribution is -0.235. The number of esters is 1. The molecule has 2 aromatic heterocycles. The topological polar surface area (TPSA) is 194 Å². The lowest BCUT2D eigenvalue weighted by Crippen LogP contribution is -2.56. The van der Waals surface area contributed by atoms with Crippen LogP contribution in [0.2, 0.25) is 0 Å². The van der Waals surface area contributed by atoms with Gasteiger partial charge in [-0.3, -0.25) is 9.88 Å². The van der Waals surface area contributed by atoms with Crippen molar-refractivity contribution in [1.82, 2.24) is 24.8 Å². The zero-order valence-corrected chi connectivity index (χ0v) is 37.1. The minimum atomic E-state index is -3.27. The number of fused-ring (bicyclic) bond motifs is 1. The van der Waals surface area contributed by atoms with Crippen LogP contribution in [0.5, 0.6) is 5.75 Å². The summed E-state index contributed by atoms with van der Waals surface area (Å²) in [6.07, 6.45) is 2.29. The predicted octanol–water partition coefficient (Wildman–Crippen LogP) is 7.21. The predicted molar refractivity (Wildman–Crippen MR) is 233 cm³/mol. The molecule has 2 amide bonds. The maximum atomic E-state index is 18.7. The first-order chi connectivity index (χ1) is 30.1. The van der Waals surface area contributed by atoms with Gasteiger partial charge in [0.2, 0.25) is 11.7 Å². The van der Waals surface area contributed by atoms with Crippen LogP contribution in [0.25, 0.3) is 11.2 Å². The molecule has 338 valence electrons. The third-order valence-electron chi connectivity index (χ3n) is 10.1. The molecule has 5 aromatic rings. The average molecular weight is 881 g/mol. The molecule has 1 aliphatic rings. The third-order valence-corrected chi connectivity index (χ3v) is 10.1. The summed E-state index contributed by atoms with van der Waals surface area (Å²) in [5.41, 5.74) is -4.55. The first-order valence-electron chi connectivity index (χ1n) is 20.5. The maximum absolute atomic E-state index is 18.7. The van der Waals surface area contributed by atoms with Crippen molar-refractivity contribution in [3.05, 3.63) is 114 Å². The van der Waals surface area contributed by atoms with E-state index in [1.165, 1.54) is 7.11 Å². The number of hydrogen-bond donors (Lipinski definition) is 3. The summed E-state index contributed by atoms with van der Waals surface area (Å²) in [5, 5.41) is 17.7. The molecule has 3 aromatic carbocycles. The largest absolute Gasteiger partial charge is 0.497 e. The van der Waals surface area contributed by atoms with Gasteiger partial charge in [0, 0.05) is 0 Å². The second-order valence-corrected chi connectivity index (χ2v) is 17.5. The van der Waals surface area contributed by atoms with Gasteiger partial charge in [-0.15, -0.1) is 6.42 Å². The number of rotatable bonds is 13. The van der Waals surface area contributed by atoms with Crippen molar-refractivity contribution in [1.29, 1.82) is 0 Å². The number of methoxy groups -OCH3 is 1. The van der Waals surface area contributed by atoms with Gasteiger partial charge < -0.3 is 38.8 Å². The molecule has 0 saturated carbocycles. The number of nitrogens with zero attached hydrogens (tertiary/aromatic N) is 4. The average Bonchev–Trinajstić information content (AvgIpc) is 3.76. The molecule has 0 radical (unpaired) electrons. The highest BCUT2D eigenvalue weighted by Crippen LogP contribution is 2.50. The van der Waals surface area contributed by atoms with Gasteiger partial charge in [-0.05, 0) is 76.3 Å². The Morgan fingerprint density at radius 3 is 1.97 bits per heavy atom. The van der Waals surface area contributed by atoms with E-state index in [0.717, 1.165) is 17.2 Å². The van der Waals surface area contributed by atoms with Crippen LogP contribution >= 0.6 is 0 Å². The van der Waals surface area contributed by atoms with Crippen molar-refractivity contribution in [2.24, 2.45) is 5.92 Å². The lowest BCUT2D eigenvalue weighted by Gasteiger charge is -2.39. The molecule has 16 nitrogen and oxygen atoms in total. The van der Waals surface area contributed by atoms with E-state index in [0.29, 0.717) is 22.4 Å². The van der Waals surface area contributed by atoms with Gasteiger partial charge in [0.05, 0.1) is 13.4 Å². The van der Waals surface area contributed by atoms with E-state index in [2.05, 4.69) is 31.5 Å². The number of alkyl halides is 1. The molecule has 1 fully saturated rings. The minimum absolute atomic E-state index is 0.00871. The van der Waals surface area contributed by atoms with Crippen molar-refractivity contribution in [2.45, 2.75) is 102 Å². The van der Waals surface area contributed by atoms with Crippen LogP contribution < -0.4 is 15.4 Å². The molecule has 1 aliphatic heterocycles. The van der Waals surface area contributed by atoms with E-state index in [9.17, 15) is 19.5 Å². The monoisotopic (exact) mass is 880 g/mol. The number of alkyl carbamates (subject to hydrolysis) is 1. The number of carbonyl (C=O) groups is 3. The number of halogens is 1. The number of anilines is 1. The lowest BCUT2D eigenvalue weighted by atomic mass is 9.80. The van der Waals surface area contributed by atoms with E-state index in [-0.39, 0.29) is 17.0 Å². The molecule has 0 unspecified atom stereocenters. The molecule has 0 aliphatic carbocycles. The number of amides is 2. The van der Waals surface area contributed by atoms with Crippen molar-refractivity contribution in [2.75, 3.05) is 19.0 Å². The van der Waals surface area contributed by atoms with Crippen LogP contribution in [-0.2, 0) is 34.1 Å². The summed E-state index contributed by atoms with van der Waals surface area (Å²) >= 11 is 0. The fourth-order valence-electron chi connectivity index (χ4n) is 7.26. The maximum Gasteiger partial charge on any atom is 0.413 e. The number of benzene rings is 3. The van der Waals surface area contributed by atoms with E-state index in [4.69, 9.17) is 34.8 Å². The number of carbonyl (C=O) groups excluding carboxylic acids is 3. The van der Waals surface area contributed by atoms with Gasteiger partial charge in [0.1, 0.15) is 41.5 Å². The normalized spacial score (nSPS) is 20.5. The standard InChI is InChI=1S/C47H53FN6O10/c1-11-45(58)39(61-38(55)34(29(2)3)52-41(56)63-43(4,5)6)46(48,62-40(45)54-28-51-35-36(49-27-50-37(35)54)53-42(57)64-44(7,8)9)26-60-47(30-18-14-12-15-19-30,31-20-16-13-17-21-31)32-22-24-33(59-10)25-23-32/h1,12-25,27-29,34,39-40,58H,26H2,2-10H3,(H,52,56)(H,49,50,53,57)/t34-,39-,40+,45+,46+/m0/s1. The van der Waals surface area contributed by atoms with Gasteiger partial charge in [-0.2, -0.15) is 0 Å². The Morgan fingerprint density at radius 2 is 1.44 bits per heavy atom. The fourth-order valence-corrected chi connectivity index (χ4v) is 7.26. The third kappa shape index (κ3) is 9.79. The quantitative estimate of drug-likeness (QED) is 0.0465. The van der Waals surface area contributed by atoms with Gasteiger partial charge in [0.15, 0.2) is 23.2 Å². The Hall–Kier alpha value is -6.61. The van der Waals surface area contributed by atoms with Crippen molar-refractivity contribution < 1.29 is 52.3 Å². The van der Waals surface area contributed by atoms with E-state index in [1.54, 1.807) is 104 Å². The van der Waals surface area contributed by atoms with Crippen molar-refractivity contribution >= 4 is 35.1 Å². The van der Waals surface area contributed by atoms with Gasteiger partial charge in [-0.1, -0.05) is 92.6 Å². The summed E-state index contributed by atoms with van der Waals surface area (Å²) in [6, 6.07) is 23.7. The number of aromatic nitrogens is 4. The van der Waals surface area contributed by atoms with Crippen LogP contribution in [0.1, 0.15) is 78.3 Å². The number of hydrogen-bond acceptors (Lipinski definition) is 13. The molecule has 5 atom stereocenters. The molecule has 3 heterocycles. The second-order valence-electron chi connectivity index (χ2n) is 17.5. The first-order valence-corrected chi connectivity index (χ1v) is 20.5. The number of imidazole rings is 1. The highest BCUT2D eigenvalue weighted by Gasteiger charge is 2.69. The highest BCUT2D eigenvalue weighted by atomic mass is 19.2. The summed E-state index contributed by atoms with van der Waals surface area (Å²) in [4.78, 5) is 52.8. The van der Waals surface area contributed by atoms with E-state index >= 15 is 4.39 Å². The SMILES string of the molecule is C#C[C@]1(O)[C@H](n2cnc3c(NC(=O)OC(C)(C)C)ncnc32)O[C@](F)(COC(c2ccccc2)(c2ccccc2)c2ccc(OC)cc2)[C@H]1OC(=O)[C@@H](NC(=O)OC(C)(C)C)C(C)C. The smallest absolute Gasteiger partial charge is 0.413 e. The zero-order chi connectivity index (χ0) is 46.7. The summed E-state index contributed by atoms with van der Waals surface area (Å²) < 4.78 is 55.0. The van der Waals surface area contributed by atoms with E-state index < -0.39 is 77.3 Å². The summed E-state index contributed by atoms with van der Waals surface area (Å²) in [5.74, 6) is -2.38. The van der Waals surface area contributed by atoms with Crippen LogP contribution in [-0.4, -0.2) is 91.3 Å². The molecule has 17 heteroatoms. The van der Waals surface area contributed by atoms with Crippen molar-refractivity contribution in [3.8, 4) is 18.1 Å². The summed E-state index contributed by atoms with van der Waals surface area (Å²) in [6.45, 7) is 12.2. The van der Waals surface area contributed by atoms with Gasteiger partial charge in [-0.25, -0.2) is 33.7 Å². The Kier molecular flexibility index (Phi) is 13.4. The highest BCUT2D eigenvalue weighted by molar-refractivity contribution is 5.93. The Bertz CT molecular complexity index is 2440. The van der Waals surface area contributed by atoms with Gasteiger partial charge in [0.25, 0.3) is 5.85 Å². The second kappa shape index (κ2) is 18.2. The Labute approximate surface area is 370 Å². The number of nitrogens with one attached hydrogen (secondary N) is 2. The molecule has 3 N–H and O–H groups in total. The Balaban J connectivity index is 1.49. The molecule has 0 spiro atoms. The van der Waals surface area contributed by atoms with Gasteiger partial charge >= 0.3 is 18.2 Å². The molecular weight excluding hydrogens is 828 g/mol. The molecule has 1 saturated heterocycles.